The Labute approximate surface area is 160 Å². The van der Waals surface area contributed by atoms with Crippen molar-refractivity contribution in [3.8, 4) is 0 Å². The number of hydrogen-bond donors (Lipinski definition) is 3. The van der Waals surface area contributed by atoms with E-state index in [-0.39, 0.29) is 24.3 Å². The van der Waals surface area contributed by atoms with Gasteiger partial charge in [-0.15, -0.1) is 0 Å². The predicted molar refractivity (Wildman–Crippen MR) is 102 cm³/mol. The number of nitrogens with two attached hydrogens (primary N) is 1. The number of amides is 3. The molecule has 2 atom stereocenters. The van der Waals surface area contributed by atoms with Crippen molar-refractivity contribution in [1.29, 1.82) is 0 Å². The lowest BCUT2D eigenvalue weighted by molar-refractivity contribution is -0.155. The SMILES string of the molecule is C[C@H](OC(=O)CCCCCNC(N)=O)C(=O)N[C@@H]1CCCc2ccccc21. The number of ether oxygens (including phenoxy) is 1. The molecule has 0 saturated carbocycles. The quantitative estimate of drug-likeness (QED) is 0.454. The van der Waals surface area contributed by atoms with Gasteiger partial charge in [-0.3, -0.25) is 9.59 Å². The zero-order chi connectivity index (χ0) is 19.6. The largest absolute Gasteiger partial charge is 0.453 e. The Morgan fingerprint density at radius 1 is 1.22 bits per heavy atom. The Morgan fingerprint density at radius 3 is 2.78 bits per heavy atom. The van der Waals surface area contributed by atoms with Crippen molar-refractivity contribution in [2.45, 2.75) is 64.0 Å². The predicted octanol–water partition coefficient (Wildman–Crippen LogP) is 2.34. The number of carbonyl (C=O) groups excluding carboxylic acids is 3. The molecule has 0 radical (unpaired) electrons. The van der Waals surface area contributed by atoms with E-state index < -0.39 is 12.1 Å². The zero-order valence-corrected chi connectivity index (χ0v) is 15.8. The lowest BCUT2D eigenvalue weighted by atomic mass is 9.87. The van der Waals surface area contributed by atoms with Crippen molar-refractivity contribution in [2.75, 3.05) is 6.54 Å². The lowest BCUT2D eigenvalue weighted by Gasteiger charge is -2.27. The fourth-order valence-electron chi connectivity index (χ4n) is 3.29. The molecule has 1 aromatic rings. The van der Waals surface area contributed by atoms with Gasteiger partial charge in [0.05, 0.1) is 6.04 Å². The highest BCUT2D eigenvalue weighted by Crippen LogP contribution is 2.29. The van der Waals surface area contributed by atoms with Gasteiger partial charge in [-0.05, 0) is 50.2 Å². The van der Waals surface area contributed by atoms with Crippen LogP contribution in [-0.4, -0.2) is 30.6 Å². The summed E-state index contributed by atoms with van der Waals surface area (Å²) in [5.74, 6) is -0.653. The van der Waals surface area contributed by atoms with Crippen LogP contribution in [0.1, 0.15) is 62.6 Å². The average molecular weight is 375 g/mol. The molecule has 0 heterocycles. The van der Waals surface area contributed by atoms with Gasteiger partial charge in [0.2, 0.25) is 0 Å². The molecule has 2 rings (SSSR count). The van der Waals surface area contributed by atoms with Gasteiger partial charge < -0.3 is 21.1 Å². The number of carbonyl (C=O) groups is 3. The fraction of sp³-hybridized carbons (Fsp3) is 0.550. The summed E-state index contributed by atoms with van der Waals surface area (Å²) in [6.45, 7) is 2.09. The standard InChI is InChI=1S/C20H29N3O4/c1-14(27-18(24)12-3-2-6-13-22-20(21)26)19(25)23-17-11-7-9-15-8-4-5-10-16(15)17/h4-5,8,10,14,17H,2-3,6-7,9,11-13H2,1H3,(H,23,25)(H3,21,22,26)/t14-,17+/m0/s1. The minimum atomic E-state index is -0.817. The molecule has 7 heteroatoms. The van der Waals surface area contributed by atoms with E-state index in [1.165, 1.54) is 5.56 Å². The first-order valence-electron chi connectivity index (χ1n) is 9.58. The van der Waals surface area contributed by atoms with E-state index in [9.17, 15) is 14.4 Å². The number of hydrogen-bond acceptors (Lipinski definition) is 4. The van der Waals surface area contributed by atoms with Gasteiger partial charge in [0, 0.05) is 13.0 Å². The Hall–Kier alpha value is -2.57. The molecule has 0 aliphatic heterocycles. The molecule has 0 saturated heterocycles. The minimum absolute atomic E-state index is 0.0265. The van der Waals surface area contributed by atoms with Crippen LogP contribution < -0.4 is 16.4 Å². The van der Waals surface area contributed by atoms with Gasteiger partial charge in [-0.2, -0.15) is 0 Å². The Balaban J connectivity index is 1.70. The smallest absolute Gasteiger partial charge is 0.312 e. The highest BCUT2D eigenvalue weighted by atomic mass is 16.5. The second kappa shape index (κ2) is 10.5. The third-order valence-corrected chi connectivity index (χ3v) is 4.72. The van der Waals surface area contributed by atoms with E-state index in [2.05, 4.69) is 16.7 Å². The minimum Gasteiger partial charge on any atom is -0.453 e. The number of nitrogens with one attached hydrogen (secondary N) is 2. The van der Waals surface area contributed by atoms with Crippen LogP contribution in [0.15, 0.2) is 24.3 Å². The van der Waals surface area contributed by atoms with Crippen LogP contribution in [0.25, 0.3) is 0 Å². The molecule has 7 nitrogen and oxygen atoms in total. The molecule has 1 aliphatic rings. The molecule has 1 aliphatic carbocycles. The monoisotopic (exact) mass is 375 g/mol. The van der Waals surface area contributed by atoms with Gasteiger partial charge in [0.25, 0.3) is 5.91 Å². The summed E-state index contributed by atoms with van der Waals surface area (Å²) < 4.78 is 5.25. The molecule has 3 amide bonds. The Morgan fingerprint density at radius 2 is 2.00 bits per heavy atom. The Kier molecular flexibility index (Phi) is 8.10. The summed E-state index contributed by atoms with van der Waals surface area (Å²) in [6.07, 6.45) is 4.54. The number of benzene rings is 1. The van der Waals surface area contributed by atoms with E-state index in [1.54, 1.807) is 6.92 Å². The third kappa shape index (κ3) is 6.92. The van der Waals surface area contributed by atoms with Crippen molar-refractivity contribution < 1.29 is 19.1 Å². The van der Waals surface area contributed by atoms with E-state index in [4.69, 9.17) is 10.5 Å². The van der Waals surface area contributed by atoms with Gasteiger partial charge in [0.1, 0.15) is 0 Å². The van der Waals surface area contributed by atoms with E-state index >= 15 is 0 Å². The van der Waals surface area contributed by atoms with Gasteiger partial charge in [-0.25, -0.2) is 4.79 Å². The maximum atomic E-state index is 12.4. The van der Waals surface area contributed by atoms with Crippen molar-refractivity contribution in [2.24, 2.45) is 5.73 Å². The molecule has 27 heavy (non-hydrogen) atoms. The summed E-state index contributed by atoms with van der Waals surface area (Å²) >= 11 is 0. The summed E-state index contributed by atoms with van der Waals surface area (Å²) in [5, 5.41) is 5.50. The molecular formula is C20H29N3O4. The van der Waals surface area contributed by atoms with Crippen LogP contribution >= 0.6 is 0 Å². The number of fused-ring (bicyclic) bond motifs is 1. The molecule has 0 unspecified atom stereocenters. The number of unbranched alkanes of at least 4 members (excludes halogenated alkanes) is 2. The maximum absolute atomic E-state index is 12.4. The summed E-state index contributed by atoms with van der Waals surface area (Å²) in [5.41, 5.74) is 7.39. The van der Waals surface area contributed by atoms with Gasteiger partial charge in [-0.1, -0.05) is 30.7 Å². The van der Waals surface area contributed by atoms with Crippen molar-refractivity contribution in [3.63, 3.8) is 0 Å². The van der Waals surface area contributed by atoms with Crippen LogP contribution in [0.5, 0.6) is 0 Å². The van der Waals surface area contributed by atoms with Crippen LogP contribution in [0, 0.1) is 0 Å². The van der Waals surface area contributed by atoms with Crippen LogP contribution in [-0.2, 0) is 20.7 Å². The number of aryl methyl sites for hydroxylation is 1. The fourth-order valence-corrected chi connectivity index (χ4v) is 3.29. The molecule has 148 valence electrons. The van der Waals surface area contributed by atoms with Crippen molar-refractivity contribution in [1.82, 2.24) is 10.6 Å². The van der Waals surface area contributed by atoms with Crippen LogP contribution in [0.4, 0.5) is 4.79 Å². The van der Waals surface area contributed by atoms with Gasteiger partial charge >= 0.3 is 12.0 Å². The van der Waals surface area contributed by atoms with E-state index in [0.29, 0.717) is 13.0 Å². The number of urea groups is 1. The summed E-state index contributed by atoms with van der Waals surface area (Å²) in [7, 11) is 0. The van der Waals surface area contributed by atoms with E-state index in [0.717, 1.165) is 37.7 Å². The molecule has 1 aromatic carbocycles. The average Bonchev–Trinajstić information content (AvgIpc) is 2.64. The Bertz CT molecular complexity index is 662. The number of esters is 1. The molecular weight excluding hydrogens is 346 g/mol. The normalized spacial score (nSPS) is 16.7. The molecule has 0 bridgehead atoms. The number of primary amides is 1. The first kappa shape index (κ1) is 20.7. The molecule has 0 aromatic heterocycles. The second-order valence-electron chi connectivity index (χ2n) is 6.89. The summed E-state index contributed by atoms with van der Waals surface area (Å²) in [4.78, 5) is 34.8. The van der Waals surface area contributed by atoms with Crippen molar-refractivity contribution >= 4 is 17.9 Å². The van der Waals surface area contributed by atoms with Gasteiger partial charge in [0.15, 0.2) is 6.10 Å². The number of rotatable bonds is 9. The first-order valence-corrected chi connectivity index (χ1v) is 9.58. The van der Waals surface area contributed by atoms with Crippen molar-refractivity contribution in [3.05, 3.63) is 35.4 Å². The highest BCUT2D eigenvalue weighted by Gasteiger charge is 2.25. The lowest BCUT2D eigenvalue weighted by Crippen LogP contribution is -2.39. The molecule has 4 N–H and O–H groups in total. The van der Waals surface area contributed by atoms with Crippen LogP contribution in [0.2, 0.25) is 0 Å². The van der Waals surface area contributed by atoms with Crippen LogP contribution in [0.3, 0.4) is 0 Å². The third-order valence-electron chi connectivity index (χ3n) is 4.72. The molecule has 0 fully saturated rings. The van der Waals surface area contributed by atoms with E-state index in [1.807, 2.05) is 18.2 Å². The second-order valence-corrected chi connectivity index (χ2v) is 6.89. The molecule has 0 spiro atoms. The zero-order valence-electron chi connectivity index (χ0n) is 15.8. The highest BCUT2D eigenvalue weighted by molar-refractivity contribution is 5.83. The first-order chi connectivity index (χ1) is 13.0. The summed E-state index contributed by atoms with van der Waals surface area (Å²) in [6, 6.07) is 7.55. The topological polar surface area (TPSA) is 111 Å². The maximum Gasteiger partial charge on any atom is 0.312 e.